The van der Waals surface area contributed by atoms with Crippen molar-refractivity contribution in [3.63, 3.8) is 0 Å². The number of fused-ring (bicyclic) bond motifs is 1. The highest BCUT2D eigenvalue weighted by atomic mass is 35.5. The number of β-lactam (4-membered cyclic amide) rings is 1. The van der Waals surface area contributed by atoms with Crippen LogP contribution in [0, 0.1) is 0 Å². The highest BCUT2D eigenvalue weighted by Gasteiger charge is 2.53. The van der Waals surface area contributed by atoms with Gasteiger partial charge >= 0.3 is 5.97 Å². The van der Waals surface area contributed by atoms with Crippen LogP contribution in [0.15, 0.2) is 52.2 Å². The Balaban J connectivity index is 1.73. The molecule has 3 rings (SSSR count). The van der Waals surface area contributed by atoms with Crippen molar-refractivity contribution in [2.75, 3.05) is 5.75 Å². The molecule has 2 aliphatic heterocycles. The first-order chi connectivity index (χ1) is 12.4. The molecule has 6 nitrogen and oxygen atoms in total. The van der Waals surface area contributed by atoms with Gasteiger partial charge in [-0.25, -0.2) is 4.79 Å². The van der Waals surface area contributed by atoms with Crippen molar-refractivity contribution < 1.29 is 19.5 Å². The number of halogens is 2. The summed E-state index contributed by atoms with van der Waals surface area (Å²) in [7, 11) is 0. The van der Waals surface area contributed by atoms with Gasteiger partial charge in [0.05, 0.1) is 6.42 Å². The molecule has 2 N–H and O–H groups in total. The van der Waals surface area contributed by atoms with Gasteiger partial charge in [-0.05, 0) is 17.2 Å². The standard InChI is InChI=1S/C17H14Cl2N2O4S/c18-11(19)7-10-8-26-16-13(15(23)21(16)14(10)17(24)25)20-12(22)6-9-4-2-1-3-5-9/h1-5,7,13,16H,6,8H2,(H,20,22)(H,24,25)/t13?,16-/m0/s1. The second kappa shape index (κ2) is 7.73. The summed E-state index contributed by atoms with van der Waals surface area (Å²) in [6.45, 7) is 0. The zero-order valence-corrected chi connectivity index (χ0v) is 15.6. The first-order valence-electron chi connectivity index (χ1n) is 7.65. The molecule has 0 spiro atoms. The van der Waals surface area contributed by atoms with E-state index in [1.807, 2.05) is 30.3 Å². The van der Waals surface area contributed by atoms with Crippen LogP contribution in [0.3, 0.4) is 0 Å². The molecular weight excluding hydrogens is 399 g/mol. The summed E-state index contributed by atoms with van der Waals surface area (Å²) in [5, 5.41) is 11.7. The van der Waals surface area contributed by atoms with Crippen LogP contribution in [0.5, 0.6) is 0 Å². The smallest absolute Gasteiger partial charge is 0.352 e. The lowest BCUT2D eigenvalue weighted by atomic mass is 10.0. The third kappa shape index (κ3) is 3.75. The molecule has 0 aromatic heterocycles. The molecular formula is C17H14Cl2N2O4S. The van der Waals surface area contributed by atoms with Gasteiger partial charge in [-0.2, -0.15) is 0 Å². The third-order valence-corrected chi connectivity index (χ3v) is 5.53. The Hall–Kier alpha value is -1.96. The number of nitrogens with zero attached hydrogens (tertiary/aromatic N) is 1. The summed E-state index contributed by atoms with van der Waals surface area (Å²) >= 11 is 12.6. The van der Waals surface area contributed by atoms with Crippen molar-refractivity contribution in [2.45, 2.75) is 17.8 Å². The molecule has 1 aromatic rings. The average molecular weight is 413 g/mol. The zero-order valence-electron chi connectivity index (χ0n) is 13.3. The van der Waals surface area contributed by atoms with E-state index < -0.39 is 23.3 Å². The van der Waals surface area contributed by atoms with Crippen molar-refractivity contribution in [1.82, 2.24) is 10.2 Å². The van der Waals surface area contributed by atoms with Crippen LogP contribution in [0.1, 0.15) is 5.56 Å². The predicted molar refractivity (Wildman–Crippen MR) is 99.6 cm³/mol. The van der Waals surface area contributed by atoms with E-state index in [1.165, 1.54) is 22.7 Å². The van der Waals surface area contributed by atoms with Gasteiger partial charge in [0.1, 0.15) is 21.6 Å². The van der Waals surface area contributed by atoms with Gasteiger partial charge in [0, 0.05) is 5.75 Å². The number of rotatable bonds is 5. The minimum Gasteiger partial charge on any atom is -0.477 e. The molecule has 0 radical (unpaired) electrons. The number of aliphatic carboxylic acids is 1. The normalized spacial score (nSPS) is 21.6. The number of hydrogen-bond acceptors (Lipinski definition) is 4. The molecule has 2 heterocycles. The van der Waals surface area contributed by atoms with E-state index in [4.69, 9.17) is 23.2 Å². The van der Waals surface area contributed by atoms with Crippen LogP contribution in [0.2, 0.25) is 0 Å². The number of carbonyl (C=O) groups is 3. The van der Waals surface area contributed by atoms with E-state index in [2.05, 4.69) is 5.32 Å². The highest BCUT2D eigenvalue weighted by Crippen LogP contribution is 2.41. The molecule has 0 saturated carbocycles. The van der Waals surface area contributed by atoms with Crippen molar-refractivity contribution in [3.8, 4) is 0 Å². The second-order valence-electron chi connectivity index (χ2n) is 5.73. The average Bonchev–Trinajstić information content (AvgIpc) is 2.59. The lowest BCUT2D eigenvalue weighted by molar-refractivity contribution is -0.150. The summed E-state index contributed by atoms with van der Waals surface area (Å²) in [5.41, 5.74) is 1.05. The van der Waals surface area contributed by atoms with Gasteiger partial charge in [0.2, 0.25) is 5.91 Å². The topological polar surface area (TPSA) is 86.7 Å². The number of allylic oxidation sites excluding steroid dienone is 1. The molecule has 1 fully saturated rings. The number of benzene rings is 1. The molecule has 2 atom stereocenters. The number of carboxylic acids is 1. The zero-order chi connectivity index (χ0) is 18.8. The quantitative estimate of drug-likeness (QED) is 0.724. The van der Waals surface area contributed by atoms with Crippen LogP contribution in [0.4, 0.5) is 0 Å². The largest absolute Gasteiger partial charge is 0.477 e. The van der Waals surface area contributed by atoms with Gasteiger partial charge in [-0.15, -0.1) is 11.8 Å². The Morgan fingerprint density at radius 3 is 2.62 bits per heavy atom. The number of nitrogens with one attached hydrogen (secondary N) is 1. The SMILES string of the molecule is O=C(Cc1ccccc1)NC1C(=O)N2C(C(=O)O)=C(C=C(Cl)Cl)CS[C@@H]12. The number of amides is 2. The van der Waals surface area contributed by atoms with Crippen molar-refractivity contribution in [3.05, 3.63) is 57.7 Å². The number of hydrogen-bond donors (Lipinski definition) is 2. The molecule has 1 aromatic carbocycles. The third-order valence-electron chi connectivity index (χ3n) is 4.01. The molecule has 9 heteroatoms. The molecule has 2 amide bonds. The second-order valence-corrected chi connectivity index (χ2v) is 7.84. The number of carboxylic acid groups (broad SMARTS) is 1. The molecule has 26 heavy (non-hydrogen) atoms. The van der Waals surface area contributed by atoms with Gasteiger partial charge in [0.25, 0.3) is 5.91 Å². The fourth-order valence-electron chi connectivity index (χ4n) is 2.89. The van der Waals surface area contributed by atoms with Crippen LogP contribution in [-0.2, 0) is 20.8 Å². The number of thioether (sulfide) groups is 1. The van der Waals surface area contributed by atoms with Gasteiger partial charge in [-0.3, -0.25) is 14.5 Å². The van der Waals surface area contributed by atoms with E-state index in [0.717, 1.165) is 5.56 Å². The summed E-state index contributed by atoms with van der Waals surface area (Å²) in [5.74, 6) is -1.66. The van der Waals surface area contributed by atoms with E-state index in [9.17, 15) is 19.5 Å². The fourth-order valence-corrected chi connectivity index (χ4v) is 4.46. The molecule has 1 saturated heterocycles. The van der Waals surface area contributed by atoms with E-state index >= 15 is 0 Å². The highest BCUT2D eigenvalue weighted by molar-refractivity contribution is 8.00. The lowest BCUT2D eigenvalue weighted by Crippen LogP contribution is -2.70. The Bertz CT molecular complexity index is 821. The Kier molecular flexibility index (Phi) is 5.60. The maximum absolute atomic E-state index is 12.4. The fraction of sp³-hybridized carbons (Fsp3) is 0.235. The maximum Gasteiger partial charge on any atom is 0.352 e. The monoisotopic (exact) mass is 412 g/mol. The number of carbonyl (C=O) groups excluding carboxylic acids is 2. The van der Waals surface area contributed by atoms with E-state index in [-0.39, 0.29) is 22.5 Å². The molecule has 2 aliphatic rings. The minimum absolute atomic E-state index is 0.0847. The summed E-state index contributed by atoms with van der Waals surface area (Å²) in [4.78, 5) is 37.4. The maximum atomic E-state index is 12.4. The Labute approximate surface area is 163 Å². The van der Waals surface area contributed by atoms with Crippen molar-refractivity contribution in [1.29, 1.82) is 0 Å². The van der Waals surface area contributed by atoms with Gasteiger partial charge < -0.3 is 10.4 Å². The first-order valence-corrected chi connectivity index (χ1v) is 9.46. The van der Waals surface area contributed by atoms with Crippen LogP contribution in [0.25, 0.3) is 0 Å². The first kappa shape index (κ1) is 18.8. The lowest BCUT2D eigenvalue weighted by Gasteiger charge is -2.49. The van der Waals surface area contributed by atoms with Crippen LogP contribution >= 0.6 is 35.0 Å². The van der Waals surface area contributed by atoms with Crippen molar-refractivity contribution >= 4 is 52.7 Å². The van der Waals surface area contributed by atoms with Gasteiger partial charge in [0.15, 0.2) is 0 Å². The molecule has 1 unspecified atom stereocenters. The summed E-state index contributed by atoms with van der Waals surface area (Å²) in [6.07, 6.45) is 1.48. The molecule has 0 bridgehead atoms. The predicted octanol–water partition coefficient (Wildman–Crippen LogP) is 2.29. The van der Waals surface area contributed by atoms with Crippen LogP contribution < -0.4 is 5.32 Å². The Morgan fingerprint density at radius 1 is 1.31 bits per heavy atom. The Morgan fingerprint density at radius 2 is 2.00 bits per heavy atom. The van der Waals surface area contributed by atoms with Crippen molar-refractivity contribution in [2.24, 2.45) is 0 Å². The molecule has 136 valence electrons. The van der Waals surface area contributed by atoms with Gasteiger partial charge in [-0.1, -0.05) is 53.5 Å². The summed E-state index contributed by atoms with van der Waals surface area (Å²) < 4.78 is -0.0847. The van der Waals surface area contributed by atoms with E-state index in [1.54, 1.807) is 0 Å². The summed E-state index contributed by atoms with van der Waals surface area (Å²) in [6, 6.07) is 8.41. The van der Waals surface area contributed by atoms with Crippen LogP contribution in [-0.4, -0.2) is 45.0 Å². The minimum atomic E-state index is -1.24. The molecule has 0 aliphatic carbocycles. The van der Waals surface area contributed by atoms with E-state index in [0.29, 0.717) is 11.3 Å².